The van der Waals surface area contributed by atoms with Crippen LogP contribution >= 0.6 is 0 Å². The van der Waals surface area contributed by atoms with E-state index in [1.165, 1.54) is 6.92 Å². The summed E-state index contributed by atoms with van der Waals surface area (Å²) in [5.74, 6) is 0.368. The van der Waals surface area contributed by atoms with E-state index in [1.54, 1.807) is 18.5 Å². The van der Waals surface area contributed by atoms with Gasteiger partial charge in [-0.25, -0.2) is 9.97 Å². The molecule has 0 saturated carbocycles. The van der Waals surface area contributed by atoms with E-state index < -0.39 is 0 Å². The van der Waals surface area contributed by atoms with Gasteiger partial charge in [-0.2, -0.15) is 0 Å². The predicted molar refractivity (Wildman–Crippen MR) is 128 cm³/mol. The smallest absolute Gasteiger partial charge is 0.227 e. The second kappa shape index (κ2) is 9.32. The fourth-order valence-electron chi connectivity index (χ4n) is 3.87. The number of amides is 1. The first-order valence-electron chi connectivity index (χ1n) is 10.8. The first kappa shape index (κ1) is 21.0. The van der Waals surface area contributed by atoms with Crippen LogP contribution in [0.2, 0.25) is 0 Å². The van der Waals surface area contributed by atoms with Gasteiger partial charge in [-0.15, -0.1) is 0 Å². The molecule has 3 heterocycles. The highest BCUT2D eigenvalue weighted by molar-refractivity contribution is 5.94. The third kappa shape index (κ3) is 4.82. The number of nitrogens with one attached hydrogen (secondary N) is 3. The molecule has 1 saturated heterocycles. The van der Waals surface area contributed by atoms with E-state index in [9.17, 15) is 4.79 Å². The first-order valence-corrected chi connectivity index (χ1v) is 10.8. The average molecular weight is 441 g/mol. The van der Waals surface area contributed by atoms with Crippen molar-refractivity contribution in [2.75, 3.05) is 30.3 Å². The maximum absolute atomic E-state index is 11.4. The lowest BCUT2D eigenvalue weighted by Gasteiger charge is -2.24. The zero-order valence-electron chi connectivity index (χ0n) is 18.2. The average Bonchev–Trinajstić information content (AvgIpc) is 2.84. The van der Waals surface area contributed by atoms with Crippen molar-refractivity contribution in [1.82, 2.24) is 20.3 Å². The van der Waals surface area contributed by atoms with Crippen LogP contribution in [0.1, 0.15) is 18.6 Å². The quantitative estimate of drug-likeness (QED) is 0.430. The highest BCUT2D eigenvalue weighted by atomic mass is 16.5. The molecule has 0 spiro atoms. The Hall–Kier alpha value is -3.88. The third-order valence-corrected chi connectivity index (χ3v) is 5.43. The lowest BCUT2D eigenvalue weighted by atomic mass is 10.1. The largest absolute Gasteiger partial charge is 0.371 e. The standard InChI is InChI=1S/C25H24N6O2/c1-16(32)29-20-9-10-27-22(13-20)21-4-2-3-18-14-28-25(31-24(18)21)30-19-7-5-17(6-8-19)23-15-26-11-12-33-23/h2-10,13-14,23,26H,11-12,15H2,1H3,(H,27,29,32)(H,28,30,31). The van der Waals surface area contributed by atoms with Gasteiger partial charge in [0.2, 0.25) is 11.9 Å². The van der Waals surface area contributed by atoms with E-state index in [0.29, 0.717) is 11.6 Å². The second-order valence-electron chi connectivity index (χ2n) is 7.86. The van der Waals surface area contributed by atoms with E-state index in [-0.39, 0.29) is 12.0 Å². The van der Waals surface area contributed by atoms with Gasteiger partial charge in [0.25, 0.3) is 0 Å². The molecule has 1 amide bonds. The summed E-state index contributed by atoms with van der Waals surface area (Å²) < 4.78 is 5.82. The van der Waals surface area contributed by atoms with Crippen LogP contribution in [0, 0.1) is 0 Å². The van der Waals surface area contributed by atoms with Gasteiger partial charge in [0.05, 0.1) is 23.9 Å². The lowest BCUT2D eigenvalue weighted by molar-refractivity contribution is -0.114. The number of morpholine rings is 1. The fraction of sp³-hybridized carbons (Fsp3) is 0.200. The van der Waals surface area contributed by atoms with Crippen LogP contribution in [0.25, 0.3) is 22.2 Å². The molecule has 0 bridgehead atoms. The van der Waals surface area contributed by atoms with Crippen molar-refractivity contribution in [2.45, 2.75) is 13.0 Å². The van der Waals surface area contributed by atoms with Crippen molar-refractivity contribution in [3.05, 3.63) is 72.6 Å². The monoisotopic (exact) mass is 440 g/mol. The maximum atomic E-state index is 11.4. The van der Waals surface area contributed by atoms with Gasteiger partial charge < -0.3 is 20.7 Å². The number of aromatic nitrogens is 3. The molecule has 3 N–H and O–H groups in total. The van der Waals surface area contributed by atoms with Gasteiger partial charge in [-0.1, -0.05) is 30.3 Å². The minimum Gasteiger partial charge on any atom is -0.371 e. The minimum absolute atomic E-state index is 0.0769. The number of carbonyl (C=O) groups excluding carboxylic acids is 1. The van der Waals surface area contributed by atoms with Gasteiger partial charge >= 0.3 is 0 Å². The Morgan fingerprint density at radius 2 is 1.97 bits per heavy atom. The Morgan fingerprint density at radius 1 is 1.09 bits per heavy atom. The van der Waals surface area contributed by atoms with E-state index in [2.05, 4.69) is 38.1 Å². The lowest BCUT2D eigenvalue weighted by Crippen LogP contribution is -2.33. The number of benzene rings is 2. The molecule has 8 nitrogen and oxygen atoms in total. The van der Waals surface area contributed by atoms with E-state index in [0.717, 1.165) is 53.1 Å². The maximum Gasteiger partial charge on any atom is 0.227 e. The van der Waals surface area contributed by atoms with Crippen molar-refractivity contribution in [3.63, 3.8) is 0 Å². The first-order chi connectivity index (χ1) is 16.2. The zero-order valence-corrected chi connectivity index (χ0v) is 18.2. The number of nitrogens with zero attached hydrogens (tertiary/aromatic N) is 3. The van der Waals surface area contributed by atoms with Crippen LogP contribution in [0.5, 0.6) is 0 Å². The van der Waals surface area contributed by atoms with Gasteiger partial charge in [0, 0.05) is 54.7 Å². The Morgan fingerprint density at radius 3 is 2.76 bits per heavy atom. The number of fused-ring (bicyclic) bond motifs is 1. The molecular weight excluding hydrogens is 416 g/mol. The van der Waals surface area contributed by atoms with E-state index in [4.69, 9.17) is 9.72 Å². The van der Waals surface area contributed by atoms with Crippen LogP contribution in [0.15, 0.2) is 67.0 Å². The normalized spacial score (nSPS) is 15.8. The Kier molecular flexibility index (Phi) is 5.93. The molecule has 1 fully saturated rings. The molecule has 0 aliphatic carbocycles. The van der Waals surface area contributed by atoms with Crippen molar-refractivity contribution < 1.29 is 9.53 Å². The van der Waals surface area contributed by atoms with E-state index >= 15 is 0 Å². The molecule has 2 aromatic carbocycles. The Balaban J connectivity index is 1.42. The number of rotatable bonds is 5. The summed E-state index contributed by atoms with van der Waals surface area (Å²) in [6, 6.07) is 17.6. The highest BCUT2D eigenvalue weighted by Gasteiger charge is 2.15. The molecular formula is C25H24N6O2. The van der Waals surface area contributed by atoms with Crippen LogP contribution in [0.3, 0.4) is 0 Å². The number of para-hydroxylation sites is 1. The second-order valence-corrected chi connectivity index (χ2v) is 7.86. The molecule has 8 heteroatoms. The summed E-state index contributed by atoms with van der Waals surface area (Å²) in [5.41, 5.74) is 5.09. The van der Waals surface area contributed by atoms with Gasteiger partial charge in [0.1, 0.15) is 0 Å². The molecule has 1 unspecified atom stereocenters. The summed E-state index contributed by atoms with van der Waals surface area (Å²) in [6.45, 7) is 3.92. The Bertz CT molecular complexity index is 1290. The zero-order chi connectivity index (χ0) is 22.6. The van der Waals surface area contributed by atoms with Crippen molar-refractivity contribution in [3.8, 4) is 11.3 Å². The molecule has 166 valence electrons. The SMILES string of the molecule is CC(=O)Nc1ccnc(-c2cccc3cnc(Nc4ccc(C5CNCCO5)cc4)nc23)c1. The molecule has 2 aromatic heterocycles. The number of hydrogen-bond donors (Lipinski definition) is 3. The summed E-state index contributed by atoms with van der Waals surface area (Å²) >= 11 is 0. The van der Waals surface area contributed by atoms with Crippen molar-refractivity contribution in [1.29, 1.82) is 0 Å². The van der Waals surface area contributed by atoms with E-state index in [1.807, 2.05) is 36.4 Å². The number of hydrogen-bond acceptors (Lipinski definition) is 7. The Labute approximate surface area is 191 Å². The summed E-state index contributed by atoms with van der Waals surface area (Å²) in [7, 11) is 0. The number of ether oxygens (including phenoxy) is 1. The summed E-state index contributed by atoms with van der Waals surface area (Å²) in [6.07, 6.45) is 3.54. The van der Waals surface area contributed by atoms with Gasteiger partial charge in [-0.3, -0.25) is 9.78 Å². The van der Waals surface area contributed by atoms with Crippen LogP contribution in [0.4, 0.5) is 17.3 Å². The van der Waals surface area contributed by atoms with Gasteiger partial charge in [0.15, 0.2) is 0 Å². The van der Waals surface area contributed by atoms with Crippen LogP contribution in [-0.2, 0) is 9.53 Å². The molecule has 1 atom stereocenters. The molecule has 1 aliphatic rings. The van der Waals surface area contributed by atoms with Crippen LogP contribution < -0.4 is 16.0 Å². The van der Waals surface area contributed by atoms with Crippen LogP contribution in [-0.4, -0.2) is 40.6 Å². The summed E-state index contributed by atoms with van der Waals surface area (Å²) in [4.78, 5) is 25.2. The summed E-state index contributed by atoms with van der Waals surface area (Å²) in [5, 5.41) is 10.3. The number of pyridine rings is 1. The molecule has 1 aliphatic heterocycles. The number of carbonyl (C=O) groups is 1. The third-order valence-electron chi connectivity index (χ3n) is 5.43. The molecule has 5 rings (SSSR count). The fourth-order valence-corrected chi connectivity index (χ4v) is 3.87. The molecule has 33 heavy (non-hydrogen) atoms. The number of anilines is 3. The minimum atomic E-state index is -0.129. The van der Waals surface area contributed by atoms with Crippen molar-refractivity contribution >= 4 is 34.1 Å². The highest BCUT2D eigenvalue weighted by Crippen LogP contribution is 2.28. The van der Waals surface area contributed by atoms with Crippen molar-refractivity contribution in [2.24, 2.45) is 0 Å². The van der Waals surface area contributed by atoms with Gasteiger partial charge in [-0.05, 0) is 29.8 Å². The molecule has 4 aromatic rings. The molecule has 0 radical (unpaired) electrons. The topological polar surface area (TPSA) is 101 Å². The predicted octanol–water partition coefficient (Wildman–Crippen LogP) is 4.05.